The van der Waals surface area contributed by atoms with Crippen LogP contribution in [0.4, 0.5) is 0 Å². The SMILES string of the molecule is c1ccc([C@H]2OCC[C@@H]2c2nnc3n2CCOC3)cc1. The van der Waals surface area contributed by atoms with Gasteiger partial charge in [0, 0.05) is 13.2 Å². The quantitative estimate of drug-likeness (QED) is 0.839. The van der Waals surface area contributed by atoms with Gasteiger partial charge in [0.05, 0.1) is 18.6 Å². The molecule has 1 fully saturated rings. The Morgan fingerprint density at radius 1 is 1.10 bits per heavy atom. The number of ether oxygens (including phenoxy) is 2. The highest BCUT2D eigenvalue weighted by molar-refractivity contribution is 5.23. The molecule has 2 aliphatic heterocycles. The molecule has 20 heavy (non-hydrogen) atoms. The second-order valence-electron chi connectivity index (χ2n) is 5.28. The molecule has 5 nitrogen and oxygen atoms in total. The lowest BCUT2D eigenvalue weighted by Gasteiger charge is -2.21. The van der Waals surface area contributed by atoms with E-state index in [4.69, 9.17) is 9.47 Å². The van der Waals surface area contributed by atoms with Crippen LogP contribution in [0.3, 0.4) is 0 Å². The standard InChI is InChI=1S/C15H17N3O2/c1-2-4-11(5-3-1)14-12(6-8-20-14)15-17-16-13-10-19-9-7-18(13)15/h1-5,12,14H,6-10H2/t12-,14+/m0/s1. The van der Waals surface area contributed by atoms with Gasteiger partial charge in [-0.2, -0.15) is 0 Å². The van der Waals surface area contributed by atoms with Crippen molar-refractivity contribution in [3.05, 3.63) is 47.5 Å². The van der Waals surface area contributed by atoms with Crippen LogP contribution in [0.1, 0.15) is 35.7 Å². The van der Waals surface area contributed by atoms with Crippen LogP contribution in [0.2, 0.25) is 0 Å². The minimum Gasteiger partial charge on any atom is -0.373 e. The van der Waals surface area contributed by atoms with Crippen molar-refractivity contribution in [2.75, 3.05) is 13.2 Å². The van der Waals surface area contributed by atoms with Crippen molar-refractivity contribution in [2.45, 2.75) is 31.6 Å². The molecule has 0 spiro atoms. The van der Waals surface area contributed by atoms with Gasteiger partial charge in [0.25, 0.3) is 0 Å². The average Bonchev–Trinajstić information content (AvgIpc) is 3.14. The number of hydrogen-bond acceptors (Lipinski definition) is 4. The molecular formula is C15H17N3O2. The summed E-state index contributed by atoms with van der Waals surface area (Å²) in [7, 11) is 0. The van der Waals surface area contributed by atoms with E-state index in [0.29, 0.717) is 6.61 Å². The number of aromatic nitrogens is 3. The summed E-state index contributed by atoms with van der Waals surface area (Å²) in [6.45, 7) is 2.93. The lowest BCUT2D eigenvalue weighted by molar-refractivity contribution is 0.0775. The summed E-state index contributed by atoms with van der Waals surface area (Å²) in [6, 6.07) is 10.4. The summed E-state index contributed by atoms with van der Waals surface area (Å²) in [5.41, 5.74) is 1.22. The zero-order valence-corrected chi connectivity index (χ0v) is 11.2. The summed E-state index contributed by atoms with van der Waals surface area (Å²) in [5, 5.41) is 8.67. The zero-order valence-electron chi connectivity index (χ0n) is 11.2. The fourth-order valence-electron chi connectivity index (χ4n) is 3.12. The molecule has 2 atom stereocenters. The monoisotopic (exact) mass is 271 g/mol. The minimum absolute atomic E-state index is 0.0901. The summed E-state index contributed by atoms with van der Waals surface area (Å²) in [4.78, 5) is 0. The number of benzene rings is 1. The first kappa shape index (κ1) is 12.1. The lowest BCUT2D eigenvalue weighted by atomic mass is 9.94. The highest BCUT2D eigenvalue weighted by Gasteiger charge is 2.35. The van der Waals surface area contributed by atoms with Gasteiger partial charge < -0.3 is 14.0 Å². The van der Waals surface area contributed by atoms with Crippen molar-refractivity contribution in [3.63, 3.8) is 0 Å². The Kier molecular flexibility index (Phi) is 3.01. The van der Waals surface area contributed by atoms with Crippen molar-refractivity contribution >= 4 is 0 Å². The van der Waals surface area contributed by atoms with Gasteiger partial charge in [-0.1, -0.05) is 30.3 Å². The maximum absolute atomic E-state index is 5.95. The van der Waals surface area contributed by atoms with Crippen molar-refractivity contribution in [3.8, 4) is 0 Å². The van der Waals surface area contributed by atoms with Crippen LogP contribution in [0.5, 0.6) is 0 Å². The maximum atomic E-state index is 5.95. The van der Waals surface area contributed by atoms with Gasteiger partial charge in [0.1, 0.15) is 12.4 Å². The van der Waals surface area contributed by atoms with E-state index in [2.05, 4.69) is 39.0 Å². The molecule has 3 heterocycles. The van der Waals surface area contributed by atoms with Gasteiger partial charge in [0.15, 0.2) is 5.82 Å². The summed E-state index contributed by atoms with van der Waals surface area (Å²) in [5.74, 6) is 2.27. The Morgan fingerprint density at radius 3 is 2.90 bits per heavy atom. The molecule has 0 radical (unpaired) electrons. The van der Waals surface area contributed by atoms with E-state index in [1.165, 1.54) is 5.56 Å². The van der Waals surface area contributed by atoms with Gasteiger partial charge in [-0.05, 0) is 12.0 Å². The summed E-state index contributed by atoms with van der Waals surface area (Å²) < 4.78 is 13.6. The third-order valence-corrected chi connectivity index (χ3v) is 4.10. The Balaban J connectivity index is 1.69. The molecule has 1 aromatic carbocycles. The molecule has 0 aliphatic carbocycles. The second kappa shape index (κ2) is 5.00. The van der Waals surface area contributed by atoms with Crippen molar-refractivity contribution in [1.29, 1.82) is 0 Å². The van der Waals surface area contributed by atoms with Gasteiger partial charge in [-0.15, -0.1) is 10.2 Å². The van der Waals surface area contributed by atoms with E-state index in [1.807, 2.05) is 6.07 Å². The van der Waals surface area contributed by atoms with Gasteiger partial charge in [-0.3, -0.25) is 0 Å². The molecule has 1 aromatic heterocycles. The third-order valence-electron chi connectivity index (χ3n) is 4.10. The van der Waals surface area contributed by atoms with Crippen molar-refractivity contribution in [1.82, 2.24) is 14.8 Å². The lowest BCUT2D eigenvalue weighted by Crippen LogP contribution is -2.21. The topological polar surface area (TPSA) is 49.2 Å². The number of hydrogen-bond donors (Lipinski definition) is 0. The van der Waals surface area contributed by atoms with Crippen LogP contribution in [0.25, 0.3) is 0 Å². The van der Waals surface area contributed by atoms with E-state index in [9.17, 15) is 0 Å². The van der Waals surface area contributed by atoms with Gasteiger partial charge >= 0.3 is 0 Å². The molecule has 2 aliphatic rings. The van der Waals surface area contributed by atoms with Crippen molar-refractivity contribution in [2.24, 2.45) is 0 Å². The Hall–Kier alpha value is -1.72. The van der Waals surface area contributed by atoms with E-state index in [1.54, 1.807) is 0 Å². The van der Waals surface area contributed by atoms with Crippen LogP contribution in [0.15, 0.2) is 30.3 Å². The van der Waals surface area contributed by atoms with Gasteiger partial charge in [-0.25, -0.2) is 0 Å². The molecule has 1 saturated heterocycles. The largest absolute Gasteiger partial charge is 0.373 e. The average molecular weight is 271 g/mol. The smallest absolute Gasteiger partial charge is 0.159 e. The number of rotatable bonds is 2. The van der Waals surface area contributed by atoms with E-state index in [0.717, 1.165) is 37.8 Å². The molecule has 0 saturated carbocycles. The van der Waals surface area contributed by atoms with E-state index >= 15 is 0 Å². The molecule has 0 amide bonds. The summed E-state index contributed by atoms with van der Waals surface area (Å²) >= 11 is 0. The summed E-state index contributed by atoms with van der Waals surface area (Å²) in [6.07, 6.45) is 1.09. The normalized spacial score (nSPS) is 25.6. The molecule has 104 valence electrons. The predicted molar refractivity (Wildman–Crippen MR) is 72.2 cm³/mol. The Morgan fingerprint density at radius 2 is 2.00 bits per heavy atom. The number of nitrogens with zero attached hydrogens (tertiary/aromatic N) is 3. The minimum atomic E-state index is 0.0901. The molecule has 5 heteroatoms. The zero-order chi connectivity index (χ0) is 13.4. The van der Waals surface area contributed by atoms with Crippen LogP contribution in [0, 0.1) is 0 Å². The van der Waals surface area contributed by atoms with Gasteiger partial charge in [0.2, 0.25) is 0 Å². The second-order valence-corrected chi connectivity index (χ2v) is 5.28. The van der Waals surface area contributed by atoms with E-state index in [-0.39, 0.29) is 12.0 Å². The van der Waals surface area contributed by atoms with Crippen LogP contribution >= 0.6 is 0 Å². The molecule has 0 N–H and O–H groups in total. The third kappa shape index (κ3) is 1.94. The number of fused-ring (bicyclic) bond motifs is 1. The molecule has 0 bridgehead atoms. The fraction of sp³-hybridized carbons (Fsp3) is 0.467. The molecular weight excluding hydrogens is 254 g/mol. The highest BCUT2D eigenvalue weighted by Crippen LogP contribution is 2.41. The van der Waals surface area contributed by atoms with Crippen molar-refractivity contribution < 1.29 is 9.47 Å². The Labute approximate surface area is 117 Å². The fourth-order valence-corrected chi connectivity index (χ4v) is 3.12. The molecule has 0 unspecified atom stereocenters. The first-order valence-electron chi connectivity index (χ1n) is 7.10. The maximum Gasteiger partial charge on any atom is 0.159 e. The molecule has 4 rings (SSSR count). The first-order chi connectivity index (χ1) is 9.93. The first-order valence-corrected chi connectivity index (χ1v) is 7.10. The molecule has 2 aromatic rings. The van der Waals surface area contributed by atoms with E-state index < -0.39 is 0 Å². The van der Waals surface area contributed by atoms with Crippen LogP contribution in [-0.4, -0.2) is 28.0 Å². The van der Waals surface area contributed by atoms with Crippen LogP contribution in [-0.2, 0) is 22.6 Å². The van der Waals surface area contributed by atoms with Crippen LogP contribution < -0.4 is 0 Å². The highest BCUT2D eigenvalue weighted by atomic mass is 16.5. The predicted octanol–water partition coefficient (Wildman–Crippen LogP) is 2.05. The Bertz CT molecular complexity index is 596.